The summed E-state index contributed by atoms with van der Waals surface area (Å²) in [4.78, 5) is 25.2. The van der Waals surface area contributed by atoms with E-state index in [1.807, 2.05) is 24.0 Å². The minimum atomic E-state index is -0.516. The molecule has 0 unspecified atom stereocenters. The number of aromatic nitrogens is 2. The van der Waals surface area contributed by atoms with Gasteiger partial charge in [0, 0.05) is 24.2 Å². The van der Waals surface area contributed by atoms with E-state index in [4.69, 9.17) is 4.74 Å². The zero-order chi connectivity index (χ0) is 20.0. The zero-order valence-corrected chi connectivity index (χ0v) is 17.5. The molecular weight excluding hydrogens is 386 g/mol. The number of rotatable bonds is 3. The van der Waals surface area contributed by atoms with Gasteiger partial charge in [-0.05, 0) is 69.4 Å². The van der Waals surface area contributed by atoms with Gasteiger partial charge in [0.15, 0.2) is 5.01 Å². The van der Waals surface area contributed by atoms with Crippen molar-refractivity contribution in [2.75, 3.05) is 13.1 Å². The lowest BCUT2D eigenvalue weighted by molar-refractivity contribution is -0.0235. The van der Waals surface area contributed by atoms with Crippen molar-refractivity contribution in [2.45, 2.75) is 57.7 Å². The summed E-state index contributed by atoms with van der Waals surface area (Å²) in [5.41, 5.74) is 1.97. The van der Waals surface area contributed by atoms with Crippen LogP contribution in [0.5, 0.6) is 5.75 Å². The maximum absolute atomic E-state index is 13.1. The molecule has 1 amide bonds. The molecule has 1 N–H and O–H groups in total. The highest BCUT2D eigenvalue weighted by Crippen LogP contribution is 2.39. The number of aryl methyl sites for hydroxylation is 3. The van der Waals surface area contributed by atoms with Gasteiger partial charge in [-0.3, -0.25) is 9.78 Å². The number of hydrogen-bond acceptors (Lipinski definition) is 6. The van der Waals surface area contributed by atoms with Crippen LogP contribution in [-0.2, 0) is 12.8 Å². The Bertz CT molecular complexity index is 891. The number of thiazole rings is 1. The Balaban J connectivity index is 1.26. The van der Waals surface area contributed by atoms with Gasteiger partial charge in [0.25, 0.3) is 5.91 Å². The molecule has 1 saturated carbocycles. The molecule has 29 heavy (non-hydrogen) atoms. The third-order valence-electron chi connectivity index (χ3n) is 6.64. The van der Waals surface area contributed by atoms with Gasteiger partial charge in [0.2, 0.25) is 0 Å². The number of nitrogens with zero attached hydrogens (tertiary/aromatic N) is 3. The Morgan fingerprint density at radius 2 is 2.03 bits per heavy atom. The van der Waals surface area contributed by atoms with Crippen LogP contribution in [0, 0.1) is 18.8 Å². The highest BCUT2D eigenvalue weighted by Gasteiger charge is 2.44. The van der Waals surface area contributed by atoms with Crippen LogP contribution in [0.4, 0.5) is 0 Å². The SMILES string of the molecule is Cc1ncccc1O[C@@H]1C[C@@H]2CN(C(=O)c3nc4c(s3)CCCC4)C[C@@H]2C[C@H]1O. The molecule has 0 aromatic carbocycles. The fraction of sp³-hybridized carbons (Fsp3) is 0.591. The molecule has 1 saturated heterocycles. The first-order valence-electron chi connectivity index (χ1n) is 10.6. The van der Waals surface area contributed by atoms with Gasteiger partial charge < -0.3 is 14.7 Å². The number of amides is 1. The summed E-state index contributed by atoms with van der Waals surface area (Å²) < 4.78 is 6.12. The molecule has 1 aliphatic heterocycles. The summed E-state index contributed by atoms with van der Waals surface area (Å²) in [6.45, 7) is 3.35. The highest BCUT2D eigenvalue weighted by molar-refractivity contribution is 7.13. The van der Waals surface area contributed by atoms with Crippen LogP contribution < -0.4 is 4.74 Å². The first-order valence-corrected chi connectivity index (χ1v) is 11.4. The van der Waals surface area contributed by atoms with Crippen molar-refractivity contribution >= 4 is 17.2 Å². The van der Waals surface area contributed by atoms with Crippen LogP contribution in [0.2, 0.25) is 0 Å². The standard InChI is InChI=1S/C22H27N3O3S/c1-13-18(6-4-8-23-13)28-19-10-15-12-25(11-14(15)9-17(19)26)22(27)21-24-16-5-2-3-7-20(16)29-21/h4,6,8,14-15,17,19,26H,2-3,5,7,9-12H2,1H3/t14-,15+,17+,19+/m0/s1. The fourth-order valence-corrected chi connectivity index (χ4v) is 6.14. The van der Waals surface area contributed by atoms with Crippen LogP contribution in [-0.4, -0.2) is 51.2 Å². The van der Waals surface area contributed by atoms with Crippen LogP contribution in [0.25, 0.3) is 0 Å². The summed E-state index contributed by atoms with van der Waals surface area (Å²) in [5.74, 6) is 1.49. The Hall–Kier alpha value is -1.99. The van der Waals surface area contributed by atoms with Crippen LogP contribution >= 0.6 is 11.3 Å². The second-order valence-electron chi connectivity index (χ2n) is 8.61. The van der Waals surface area contributed by atoms with E-state index in [1.54, 1.807) is 17.5 Å². The van der Waals surface area contributed by atoms with E-state index in [9.17, 15) is 9.90 Å². The van der Waals surface area contributed by atoms with E-state index in [1.165, 1.54) is 17.7 Å². The third-order valence-corrected chi connectivity index (χ3v) is 7.78. The molecule has 3 aliphatic rings. The van der Waals surface area contributed by atoms with Crippen molar-refractivity contribution in [3.63, 3.8) is 0 Å². The number of ether oxygens (including phenoxy) is 1. The molecule has 0 spiro atoms. The lowest BCUT2D eigenvalue weighted by Gasteiger charge is -2.35. The van der Waals surface area contributed by atoms with Gasteiger partial charge in [-0.15, -0.1) is 11.3 Å². The number of pyridine rings is 1. The van der Waals surface area contributed by atoms with Crippen LogP contribution in [0.3, 0.4) is 0 Å². The van der Waals surface area contributed by atoms with E-state index in [0.717, 1.165) is 42.9 Å². The summed E-state index contributed by atoms with van der Waals surface area (Å²) in [7, 11) is 0. The Labute approximate surface area is 174 Å². The molecule has 3 heterocycles. The van der Waals surface area contributed by atoms with Gasteiger partial charge in [0.05, 0.1) is 17.5 Å². The number of carbonyl (C=O) groups is 1. The van der Waals surface area contributed by atoms with Crippen LogP contribution in [0.15, 0.2) is 18.3 Å². The minimum absolute atomic E-state index is 0.0638. The molecule has 2 aliphatic carbocycles. The number of carbonyl (C=O) groups excluding carboxylic acids is 1. The maximum atomic E-state index is 13.1. The lowest BCUT2D eigenvalue weighted by Crippen LogP contribution is -2.42. The van der Waals surface area contributed by atoms with Crippen molar-refractivity contribution in [1.82, 2.24) is 14.9 Å². The molecule has 2 aromatic heterocycles. The largest absolute Gasteiger partial charge is 0.486 e. The van der Waals surface area contributed by atoms with E-state index in [0.29, 0.717) is 29.8 Å². The number of likely N-dealkylation sites (tertiary alicyclic amines) is 1. The van der Waals surface area contributed by atoms with Crippen molar-refractivity contribution in [1.29, 1.82) is 0 Å². The fourth-order valence-electron chi connectivity index (χ4n) is 5.02. The van der Waals surface area contributed by atoms with E-state index >= 15 is 0 Å². The Morgan fingerprint density at radius 1 is 1.24 bits per heavy atom. The summed E-state index contributed by atoms with van der Waals surface area (Å²) in [6.07, 6.45) is 6.85. The molecule has 2 fully saturated rings. The van der Waals surface area contributed by atoms with Crippen molar-refractivity contribution < 1.29 is 14.6 Å². The molecule has 154 valence electrons. The average molecular weight is 414 g/mol. The van der Waals surface area contributed by atoms with E-state index in [2.05, 4.69) is 9.97 Å². The van der Waals surface area contributed by atoms with Gasteiger partial charge in [-0.2, -0.15) is 0 Å². The first kappa shape index (κ1) is 19.0. The van der Waals surface area contributed by atoms with Crippen LogP contribution in [0.1, 0.15) is 51.8 Å². The molecule has 0 bridgehead atoms. The third kappa shape index (κ3) is 3.66. The molecule has 7 heteroatoms. The topological polar surface area (TPSA) is 75.5 Å². The number of hydrogen-bond donors (Lipinski definition) is 1. The number of aliphatic hydroxyl groups is 1. The predicted molar refractivity (Wildman–Crippen MR) is 110 cm³/mol. The second kappa shape index (κ2) is 7.69. The molecule has 0 radical (unpaired) electrons. The van der Waals surface area contributed by atoms with Gasteiger partial charge >= 0.3 is 0 Å². The number of aliphatic hydroxyl groups excluding tert-OH is 1. The predicted octanol–water partition coefficient (Wildman–Crippen LogP) is 3.02. The van der Waals surface area contributed by atoms with E-state index in [-0.39, 0.29) is 12.0 Å². The Kier molecular flexibility index (Phi) is 5.04. The average Bonchev–Trinajstić information content (AvgIpc) is 3.33. The van der Waals surface area contributed by atoms with Gasteiger partial charge in [-0.1, -0.05) is 0 Å². The monoisotopic (exact) mass is 413 g/mol. The van der Waals surface area contributed by atoms with Crippen molar-refractivity contribution in [3.8, 4) is 5.75 Å². The van der Waals surface area contributed by atoms with Crippen molar-refractivity contribution in [2.24, 2.45) is 11.8 Å². The summed E-state index contributed by atoms with van der Waals surface area (Å²) in [6, 6.07) is 3.75. The molecule has 5 rings (SSSR count). The quantitative estimate of drug-likeness (QED) is 0.837. The van der Waals surface area contributed by atoms with Gasteiger partial charge in [-0.25, -0.2) is 4.98 Å². The molecule has 2 aromatic rings. The minimum Gasteiger partial charge on any atom is -0.486 e. The first-order chi connectivity index (χ1) is 14.1. The maximum Gasteiger partial charge on any atom is 0.282 e. The summed E-state index contributed by atoms with van der Waals surface area (Å²) >= 11 is 1.58. The Morgan fingerprint density at radius 3 is 2.83 bits per heavy atom. The van der Waals surface area contributed by atoms with Crippen molar-refractivity contribution in [3.05, 3.63) is 39.6 Å². The molecule has 6 nitrogen and oxygen atoms in total. The zero-order valence-electron chi connectivity index (χ0n) is 16.7. The summed E-state index contributed by atoms with van der Waals surface area (Å²) in [5, 5.41) is 11.3. The molecule has 4 atom stereocenters. The number of fused-ring (bicyclic) bond motifs is 2. The highest BCUT2D eigenvalue weighted by atomic mass is 32.1. The smallest absolute Gasteiger partial charge is 0.282 e. The molecular formula is C22H27N3O3S. The normalized spacial score (nSPS) is 28.7. The second-order valence-corrected chi connectivity index (χ2v) is 9.69. The lowest BCUT2D eigenvalue weighted by atomic mass is 9.78. The van der Waals surface area contributed by atoms with E-state index < -0.39 is 6.10 Å². The van der Waals surface area contributed by atoms with Gasteiger partial charge in [0.1, 0.15) is 11.9 Å².